The third-order valence-electron chi connectivity index (χ3n) is 10.5. The standard InChI is InChI=1S/C45H85N2/c1-5-9-12-15-18-21-24-27-30-33-36-39-42-43(40-37-34-31-28-25-22-19-16-13-10-6-2)46-45(8-4)47-44(42)41-38-35-32-29-26-23-20-17-14-11-7-3/h8H,5-7,9-41H2,1-4H3. The van der Waals surface area contributed by atoms with E-state index < -0.39 is 0 Å². The quantitative estimate of drug-likeness (QED) is 0.0668. The second kappa shape index (κ2) is 34.9. The van der Waals surface area contributed by atoms with Gasteiger partial charge in [-0.15, -0.1) is 0 Å². The summed E-state index contributed by atoms with van der Waals surface area (Å²) in [5.41, 5.74) is 4.34. The SMILES string of the molecule is C[CH]c1nc(CCCCCCCCCCCCC)c(CCCCCCCCCCCCC)c(CCCCCCCCCCCCC)n1. The monoisotopic (exact) mass is 654 g/mol. The molecule has 1 radical (unpaired) electrons. The predicted octanol–water partition coefficient (Wildman–Crippen LogP) is 15.6. The summed E-state index contributed by atoms with van der Waals surface area (Å²) in [6, 6.07) is 0. The smallest absolute Gasteiger partial charge is 0.132 e. The number of unbranched alkanes of at least 4 members (excludes halogenated alkanes) is 30. The molecule has 0 spiro atoms. The lowest BCUT2D eigenvalue weighted by Gasteiger charge is -2.16. The van der Waals surface area contributed by atoms with Gasteiger partial charge in [-0.2, -0.15) is 0 Å². The molecule has 0 unspecified atom stereocenters. The molecule has 1 rings (SSSR count). The van der Waals surface area contributed by atoms with Gasteiger partial charge in [0.15, 0.2) is 0 Å². The van der Waals surface area contributed by atoms with Gasteiger partial charge in [0, 0.05) is 17.8 Å². The second-order valence-corrected chi connectivity index (χ2v) is 15.1. The van der Waals surface area contributed by atoms with Crippen molar-refractivity contribution in [2.75, 3.05) is 0 Å². The summed E-state index contributed by atoms with van der Waals surface area (Å²) in [7, 11) is 0. The van der Waals surface area contributed by atoms with Crippen molar-refractivity contribution >= 4 is 0 Å². The van der Waals surface area contributed by atoms with E-state index in [2.05, 4.69) is 34.1 Å². The van der Waals surface area contributed by atoms with Gasteiger partial charge in [0.25, 0.3) is 0 Å². The lowest BCUT2D eigenvalue weighted by Crippen LogP contribution is -2.10. The maximum atomic E-state index is 5.14. The van der Waals surface area contributed by atoms with E-state index in [-0.39, 0.29) is 0 Å². The maximum Gasteiger partial charge on any atom is 0.132 e. The summed E-state index contributed by atoms with van der Waals surface area (Å²) in [6.07, 6.45) is 52.0. The van der Waals surface area contributed by atoms with E-state index in [0.717, 1.165) is 18.7 Å². The van der Waals surface area contributed by atoms with Crippen LogP contribution in [0.2, 0.25) is 0 Å². The molecule has 0 aliphatic heterocycles. The van der Waals surface area contributed by atoms with E-state index in [0.29, 0.717) is 0 Å². The van der Waals surface area contributed by atoms with Crippen LogP contribution in [0.25, 0.3) is 0 Å². The summed E-state index contributed by atoms with van der Waals surface area (Å²) < 4.78 is 0. The maximum absolute atomic E-state index is 5.14. The molecular weight excluding hydrogens is 569 g/mol. The van der Waals surface area contributed by atoms with Crippen molar-refractivity contribution < 1.29 is 0 Å². The first-order chi connectivity index (χ1) is 23.3. The minimum absolute atomic E-state index is 0.976. The molecule has 0 saturated carbocycles. The van der Waals surface area contributed by atoms with Crippen LogP contribution in [0, 0.1) is 6.42 Å². The minimum Gasteiger partial charge on any atom is -0.237 e. The lowest BCUT2D eigenvalue weighted by molar-refractivity contribution is 0.542. The fourth-order valence-corrected chi connectivity index (χ4v) is 7.31. The van der Waals surface area contributed by atoms with Crippen LogP contribution >= 0.6 is 0 Å². The Balaban J connectivity index is 2.54. The Kier molecular flexibility index (Phi) is 32.8. The number of aryl methyl sites for hydroxylation is 2. The van der Waals surface area contributed by atoms with Crippen molar-refractivity contribution in [3.8, 4) is 0 Å². The number of nitrogens with zero attached hydrogens (tertiary/aromatic N) is 2. The summed E-state index contributed by atoms with van der Waals surface area (Å²) >= 11 is 0. The molecule has 0 aliphatic rings. The van der Waals surface area contributed by atoms with E-state index >= 15 is 0 Å². The van der Waals surface area contributed by atoms with Crippen LogP contribution in [-0.4, -0.2) is 9.97 Å². The van der Waals surface area contributed by atoms with Gasteiger partial charge in [0.05, 0.1) is 0 Å². The first kappa shape index (κ1) is 44.1. The highest BCUT2D eigenvalue weighted by Gasteiger charge is 2.14. The highest BCUT2D eigenvalue weighted by atomic mass is 14.9. The van der Waals surface area contributed by atoms with Crippen LogP contribution in [0.5, 0.6) is 0 Å². The van der Waals surface area contributed by atoms with Crippen LogP contribution in [0.1, 0.15) is 262 Å². The van der Waals surface area contributed by atoms with Gasteiger partial charge in [-0.1, -0.05) is 220 Å². The molecule has 1 aromatic heterocycles. The van der Waals surface area contributed by atoms with Crippen molar-refractivity contribution in [3.05, 3.63) is 29.2 Å². The normalized spacial score (nSPS) is 11.6. The van der Waals surface area contributed by atoms with Crippen molar-refractivity contribution in [2.45, 2.75) is 259 Å². The molecule has 0 bridgehead atoms. The summed E-state index contributed by atoms with van der Waals surface area (Å²) in [5, 5.41) is 0. The summed E-state index contributed by atoms with van der Waals surface area (Å²) in [6.45, 7) is 9.05. The van der Waals surface area contributed by atoms with Crippen molar-refractivity contribution in [1.29, 1.82) is 0 Å². The first-order valence-electron chi connectivity index (χ1n) is 21.9. The van der Waals surface area contributed by atoms with Crippen molar-refractivity contribution in [1.82, 2.24) is 9.97 Å². The Morgan fingerprint density at radius 1 is 0.319 bits per heavy atom. The van der Waals surface area contributed by atoms with E-state index in [1.807, 2.05) is 0 Å². The van der Waals surface area contributed by atoms with Gasteiger partial charge in [0.2, 0.25) is 0 Å². The molecule has 2 nitrogen and oxygen atoms in total. The molecule has 275 valence electrons. The molecule has 0 N–H and O–H groups in total. The predicted molar refractivity (Wildman–Crippen MR) is 212 cm³/mol. The average molecular weight is 654 g/mol. The van der Waals surface area contributed by atoms with Crippen LogP contribution in [0.15, 0.2) is 0 Å². The van der Waals surface area contributed by atoms with Crippen molar-refractivity contribution in [3.63, 3.8) is 0 Å². The molecular formula is C45H85N2. The van der Waals surface area contributed by atoms with E-state index in [9.17, 15) is 0 Å². The number of aromatic nitrogens is 2. The van der Waals surface area contributed by atoms with Crippen LogP contribution < -0.4 is 0 Å². The Bertz CT molecular complexity index is 724. The molecule has 47 heavy (non-hydrogen) atoms. The lowest BCUT2D eigenvalue weighted by atomic mass is 9.96. The minimum atomic E-state index is 0.976. The summed E-state index contributed by atoms with van der Waals surface area (Å²) in [4.78, 5) is 10.3. The molecule has 0 aromatic carbocycles. The van der Waals surface area contributed by atoms with E-state index in [1.54, 1.807) is 5.56 Å². The Morgan fingerprint density at radius 2 is 0.553 bits per heavy atom. The van der Waals surface area contributed by atoms with Crippen molar-refractivity contribution in [2.24, 2.45) is 0 Å². The van der Waals surface area contributed by atoms with Gasteiger partial charge in [-0.05, 0) is 44.1 Å². The average Bonchev–Trinajstić information content (AvgIpc) is 3.09. The molecule has 0 amide bonds. The zero-order valence-corrected chi connectivity index (χ0v) is 32.9. The van der Waals surface area contributed by atoms with Gasteiger partial charge in [0.1, 0.15) is 5.82 Å². The van der Waals surface area contributed by atoms with Gasteiger partial charge >= 0.3 is 0 Å². The Morgan fingerprint density at radius 3 is 0.809 bits per heavy atom. The molecule has 0 fully saturated rings. The topological polar surface area (TPSA) is 25.8 Å². The number of hydrogen-bond acceptors (Lipinski definition) is 2. The summed E-state index contributed by atoms with van der Waals surface area (Å²) in [5.74, 6) is 0.976. The Hall–Kier alpha value is -0.920. The highest BCUT2D eigenvalue weighted by Crippen LogP contribution is 2.23. The molecule has 1 aromatic rings. The van der Waals surface area contributed by atoms with Gasteiger partial charge in [-0.25, -0.2) is 9.97 Å². The Labute approximate surface area is 297 Å². The van der Waals surface area contributed by atoms with E-state index in [1.165, 1.54) is 230 Å². The second-order valence-electron chi connectivity index (χ2n) is 15.1. The number of hydrogen-bond donors (Lipinski definition) is 0. The van der Waals surface area contributed by atoms with Crippen LogP contribution in [0.3, 0.4) is 0 Å². The zero-order valence-electron chi connectivity index (χ0n) is 32.9. The zero-order chi connectivity index (χ0) is 33.9. The third kappa shape index (κ3) is 26.6. The van der Waals surface area contributed by atoms with Crippen LogP contribution in [0.4, 0.5) is 0 Å². The fourth-order valence-electron chi connectivity index (χ4n) is 7.31. The van der Waals surface area contributed by atoms with Gasteiger partial charge in [-0.3, -0.25) is 0 Å². The third-order valence-corrected chi connectivity index (χ3v) is 10.5. The molecule has 0 saturated heterocycles. The van der Waals surface area contributed by atoms with Gasteiger partial charge < -0.3 is 0 Å². The fraction of sp³-hybridized carbons (Fsp3) is 0.889. The molecule has 0 aliphatic carbocycles. The van der Waals surface area contributed by atoms with Crippen LogP contribution in [-0.2, 0) is 19.3 Å². The molecule has 1 heterocycles. The number of rotatable bonds is 37. The molecule has 2 heteroatoms. The van der Waals surface area contributed by atoms with E-state index in [4.69, 9.17) is 9.97 Å². The molecule has 0 atom stereocenters. The largest absolute Gasteiger partial charge is 0.237 e. The first-order valence-corrected chi connectivity index (χ1v) is 21.9. The highest BCUT2D eigenvalue weighted by molar-refractivity contribution is 5.28.